The first-order valence-electron chi connectivity index (χ1n) is 10.5. The van der Waals surface area contributed by atoms with Crippen LogP contribution in [-0.2, 0) is 9.59 Å². The van der Waals surface area contributed by atoms with Crippen molar-refractivity contribution in [2.75, 3.05) is 11.5 Å². The van der Waals surface area contributed by atoms with E-state index in [0.29, 0.717) is 34.7 Å². The largest absolute Gasteiger partial charge is 0.507 e. The number of benzene rings is 2. The Morgan fingerprint density at radius 1 is 1.06 bits per heavy atom. The van der Waals surface area contributed by atoms with Gasteiger partial charge in [0.1, 0.15) is 11.5 Å². The second-order valence-corrected chi connectivity index (χ2v) is 7.48. The van der Waals surface area contributed by atoms with Crippen molar-refractivity contribution < 1.29 is 19.4 Å². The SMILES string of the molecule is CCCOc1ccc(C2/C(=C(/O)c3ccncc3)C(=O)C(=O)N2c2ccc(C#N)cc2)cc1. The normalized spacial score (nSPS) is 17.1. The van der Waals surface area contributed by atoms with Crippen LogP contribution in [0.3, 0.4) is 0 Å². The molecule has 1 aromatic heterocycles. The smallest absolute Gasteiger partial charge is 0.300 e. The van der Waals surface area contributed by atoms with E-state index >= 15 is 0 Å². The minimum absolute atomic E-state index is 0.0159. The van der Waals surface area contributed by atoms with Crippen LogP contribution in [0.15, 0.2) is 78.6 Å². The van der Waals surface area contributed by atoms with Gasteiger partial charge in [-0.15, -0.1) is 0 Å². The Balaban J connectivity index is 1.86. The zero-order valence-corrected chi connectivity index (χ0v) is 17.9. The molecule has 1 fully saturated rings. The van der Waals surface area contributed by atoms with Gasteiger partial charge in [-0.3, -0.25) is 19.5 Å². The Morgan fingerprint density at radius 2 is 1.73 bits per heavy atom. The zero-order chi connectivity index (χ0) is 23.4. The van der Waals surface area contributed by atoms with E-state index in [2.05, 4.69) is 4.98 Å². The maximum absolute atomic E-state index is 13.1. The molecule has 1 unspecified atom stereocenters. The summed E-state index contributed by atoms with van der Waals surface area (Å²) in [6, 6.07) is 17.8. The minimum atomic E-state index is -0.855. The molecular weight excluding hydrogens is 418 g/mol. The molecule has 3 aromatic rings. The number of aliphatic hydroxyl groups is 1. The number of ketones is 1. The molecule has 1 atom stereocenters. The molecule has 7 nitrogen and oxygen atoms in total. The van der Waals surface area contributed by atoms with Crippen molar-refractivity contribution in [3.63, 3.8) is 0 Å². The van der Waals surface area contributed by atoms with E-state index in [0.717, 1.165) is 6.42 Å². The molecule has 0 saturated carbocycles. The molecule has 1 N–H and O–H groups in total. The number of ether oxygens (including phenoxy) is 1. The van der Waals surface area contributed by atoms with Gasteiger partial charge in [-0.05, 0) is 60.5 Å². The summed E-state index contributed by atoms with van der Waals surface area (Å²) < 4.78 is 5.65. The molecule has 0 bridgehead atoms. The highest BCUT2D eigenvalue weighted by atomic mass is 16.5. The molecule has 1 aliphatic heterocycles. The van der Waals surface area contributed by atoms with Gasteiger partial charge in [-0.1, -0.05) is 19.1 Å². The highest BCUT2D eigenvalue weighted by molar-refractivity contribution is 6.51. The third kappa shape index (κ3) is 4.19. The first-order valence-corrected chi connectivity index (χ1v) is 10.5. The van der Waals surface area contributed by atoms with Crippen LogP contribution in [0.4, 0.5) is 5.69 Å². The van der Waals surface area contributed by atoms with Crippen LogP contribution in [0, 0.1) is 11.3 Å². The maximum atomic E-state index is 13.1. The van der Waals surface area contributed by atoms with Crippen molar-refractivity contribution in [2.45, 2.75) is 19.4 Å². The summed E-state index contributed by atoms with van der Waals surface area (Å²) in [7, 11) is 0. The van der Waals surface area contributed by atoms with Crippen LogP contribution in [0.2, 0.25) is 0 Å². The first-order chi connectivity index (χ1) is 16.0. The Labute approximate surface area is 191 Å². The van der Waals surface area contributed by atoms with E-state index in [1.165, 1.54) is 17.3 Å². The number of hydrogen-bond donors (Lipinski definition) is 1. The Hall–Kier alpha value is -4.44. The summed E-state index contributed by atoms with van der Waals surface area (Å²) >= 11 is 0. The van der Waals surface area contributed by atoms with Gasteiger partial charge in [0, 0.05) is 23.6 Å². The summed E-state index contributed by atoms with van der Waals surface area (Å²) in [5, 5.41) is 20.1. The molecular formula is C26H21N3O4. The number of hydrogen-bond acceptors (Lipinski definition) is 6. The van der Waals surface area contributed by atoms with E-state index in [-0.39, 0.29) is 11.3 Å². The maximum Gasteiger partial charge on any atom is 0.300 e. The van der Waals surface area contributed by atoms with Crippen LogP contribution >= 0.6 is 0 Å². The van der Waals surface area contributed by atoms with E-state index in [9.17, 15) is 14.7 Å². The fraction of sp³-hybridized carbons (Fsp3) is 0.154. The lowest BCUT2D eigenvalue weighted by atomic mass is 9.95. The summed E-state index contributed by atoms with van der Waals surface area (Å²) in [5.74, 6) is -1.15. The second kappa shape index (κ2) is 9.37. The lowest BCUT2D eigenvalue weighted by Crippen LogP contribution is -2.29. The first kappa shape index (κ1) is 21.8. The summed E-state index contributed by atoms with van der Waals surface area (Å²) in [4.78, 5) is 31.5. The predicted octanol–water partition coefficient (Wildman–Crippen LogP) is 4.37. The molecule has 33 heavy (non-hydrogen) atoms. The Morgan fingerprint density at radius 3 is 2.33 bits per heavy atom. The molecule has 0 spiro atoms. The molecule has 0 radical (unpaired) electrons. The number of nitrogens with zero attached hydrogens (tertiary/aromatic N) is 3. The van der Waals surface area contributed by atoms with Crippen molar-refractivity contribution in [1.29, 1.82) is 5.26 Å². The van der Waals surface area contributed by atoms with Gasteiger partial charge in [0.05, 0.1) is 29.9 Å². The number of pyridine rings is 1. The fourth-order valence-electron chi connectivity index (χ4n) is 3.74. The highest BCUT2D eigenvalue weighted by Crippen LogP contribution is 2.42. The summed E-state index contributed by atoms with van der Waals surface area (Å²) in [6.07, 6.45) is 3.87. The quantitative estimate of drug-likeness (QED) is 0.348. The number of aliphatic hydroxyl groups excluding tert-OH is 1. The van der Waals surface area contributed by atoms with Crippen LogP contribution in [0.25, 0.3) is 5.76 Å². The van der Waals surface area contributed by atoms with E-state index in [1.54, 1.807) is 60.7 Å². The third-order valence-electron chi connectivity index (χ3n) is 5.34. The molecule has 7 heteroatoms. The van der Waals surface area contributed by atoms with Gasteiger partial charge in [-0.2, -0.15) is 5.26 Å². The molecule has 0 aliphatic carbocycles. The Bertz CT molecular complexity index is 1240. The van der Waals surface area contributed by atoms with E-state index < -0.39 is 17.7 Å². The summed E-state index contributed by atoms with van der Waals surface area (Å²) in [5.41, 5.74) is 1.88. The average Bonchev–Trinajstić information content (AvgIpc) is 3.13. The van der Waals surface area contributed by atoms with Gasteiger partial charge >= 0.3 is 0 Å². The minimum Gasteiger partial charge on any atom is -0.507 e. The molecule has 1 amide bonds. The van der Waals surface area contributed by atoms with Crippen LogP contribution in [-0.4, -0.2) is 28.4 Å². The third-order valence-corrected chi connectivity index (χ3v) is 5.34. The second-order valence-electron chi connectivity index (χ2n) is 7.48. The highest BCUT2D eigenvalue weighted by Gasteiger charge is 2.46. The summed E-state index contributed by atoms with van der Waals surface area (Å²) in [6.45, 7) is 2.59. The number of aromatic nitrogens is 1. The lowest BCUT2D eigenvalue weighted by molar-refractivity contribution is -0.132. The number of rotatable bonds is 6. The average molecular weight is 439 g/mol. The van der Waals surface area contributed by atoms with Gasteiger partial charge in [0.15, 0.2) is 0 Å². The van der Waals surface area contributed by atoms with E-state index in [4.69, 9.17) is 10.00 Å². The van der Waals surface area contributed by atoms with Crippen molar-refractivity contribution in [3.8, 4) is 11.8 Å². The molecule has 2 heterocycles. The number of carbonyl (C=O) groups is 2. The van der Waals surface area contributed by atoms with Crippen LogP contribution in [0.1, 0.15) is 36.1 Å². The molecule has 164 valence electrons. The van der Waals surface area contributed by atoms with Gasteiger partial charge < -0.3 is 9.84 Å². The van der Waals surface area contributed by atoms with E-state index in [1.807, 2.05) is 13.0 Å². The molecule has 1 aliphatic rings. The van der Waals surface area contributed by atoms with Crippen LogP contribution < -0.4 is 9.64 Å². The molecule has 1 saturated heterocycles. The molecule has 2 aromatic carbocycles. The monoisotopic (exact) mass is 439 g/mol. The van der Waals surface area contributed by atoms with Gasteiger partial charge in [0.2, 0.25) is 0 Å². The predicted molar refractivity (Wildman–Crippen MR) is 122 cm³/mol. The van der Waals surface area contributed by atoms with Crippen molar-refractivity contribution in [3.05, 3.63) is 95.3 Å². The van der Waals surface area contributed by atoms with Crippen molar-refractivity contribution >= 4 is 23.1 Å². The fourth-order valence-corrected chi connectivity index (χ4v) is 3.74. The Kier molecular flexibility index (Phi) is 6.18. The number of nitriles is 1. The number of carbonyl (C=O) groups excluding carboxylic acids is 2. The van der Waals surface area contributed by atoms with Crippen molar-refractivity contribution in [2.24, 2.45) is 0 Å². The van der Waals surface area contributed by atoms with Gasteiger partial charge in [0.25, 0.3) is 11.7 Å². The number of anilines is 1. The lowest BCUT2D eigenvalue weighted by Gasteiger charge is -2.25. The van der Waals surface area contributed by atoms with Crippen LogP contribution in [0.5, 0.6) is 5.75 Å². The van der Waals surface area contributed by atoms with Crippen molar-refractivity contribution in [1.82, 2.24) is 4.98 Å². The van der Waals surface area contributed by atoms with Gasteiger partial charge in [-0.25, -0.2) is 0 Å². The standard InChI is InChI=1S/C26H21N3O4/c1-2-15-33-21-9-5-18(6-10-21)23-22(24(30)19-11-13-28-14-12-19)25(31)26(32)29(23)20-7-3-17(16-27)4-8-20/h3-14,23,30H,2,15H2,1H3/b24-22-. The molecule has 4 rings (SSSR count). The topological polar surface area (TPSA) is 104 Å². The number of Topliss-reactive ketones (excluding diaryl/α,β-unsaturated/α-hetero) is 1. The number of amides is 1. The zero-order valence-electron chi connectivity index (χ0n) is 17.9.